The van der Waals surface area contributed by atoms with Crippen LogP contribution in [0.25, 0.3) is 0 Å². The Balaban J connectivity index is 1.73. The summed E-state index contributed by atoms with van der Waals surface area (Å²) in [4.78, 5) is 34.0. The summed E-state index contributed by atoms with van der Waals surface area (Å²) in [7, 11) is 0. The lowest BCUT2D eigenvalue weighted by Gasteiger charge is -2.23. The van der Waals surface area contributed by atoms with Gasteiger partial charge in [-0.05, 0) is 34.1 Å². The van der Waals surface area contributed by atoms with Crippen molar-refractivity contribution in [3.05, 3.63) is 15.6 Å². The van der Waals surface area contributed by atoms with Crippen LogP contribution in [-0.4, -0.2) is 51.4 Å². The number of hydrogen-bond acceptors (Lipinski definition) is 5. The normalized spacial score (nSPS) is 25.8. The highest BCUT2D eigenvalue weighted by atomic mass is 32.1. The zero-order chi connectivity index (χ0) is 16.1. The number of aromatic nitrogens is 1. The van der Waals surface area contributed by atoms with Gasteiger partial charge in [-0.3, -0.25) is 14.6 Å². The van der Waals surface area contributed by atoms with E-state index in [0.29, 0.717) is 13.0 Å². The van der Waals surface area contributed by atoms with Gasteiger partial charge in [-0.25, -0.2) is 9.78 Å². The Morgan fingerprint density at radius 2 is 2.09 bits per heavy atom. The lowest BCUT2D eigenvalue weighted by Crippen LogP contribution is -2.49. The van der Waals surface area contributed by atoms with Crippen molar-refractivity contribution in [2.75, 3.05) is 13.1 Å². The van der Waals surface area contributed by atoms with Gasteiger partial charge >= 0.3 is 6.03 Å². The lowest BCUT2D eigenvalue weighted by atomic mass is 9.98. The van der Waals surface area contributed by atoms with E-state index in [4.69, 9.17) is 0 Å². The van der Waals surface area contributed by atoms with Gasteiger partial charge < -0.3 is 5.32 Å². The number of urea groups is 1. The summed E-state index contributed by atoms with van der Waals surface area (Å²) >= 11 is 1.70. The molecule has 2 aliphatic rings. The number of imide groups is 1. The summed E-state index contributed by atoms with van der Waals surface area (Å²) in [6.07, 6.45) is 0.678. The van der Waals surface area contributed by atoms with Crippen molar-refractivity contribution in [3.8, 4) is 0 Å². The molecule has 120 valence electrons. The van der Waals surface area contributed by atoms with Gasteiger partial charge in [0.2, 0.25) is 0 Å². The topological polar surface area (TPSA) is 65.5 Å². The van der Waals surface area contributed by atoms with Crippen molar-refractivity contribution in [1.29, 1.82) is 0 Å². The second kappa shape index (κ2) is 5.31. The van der Waals surface area contributed by atoms with E-state index in [1.807, 2.05) is 27.7 Å². The number of likely N-dealkylation sites (tertiary alicyclic amines) is 1. The summed E-state index contributed by atoms with van der Waals surface area (Å²) in [6.45, 7) is 9.95. The maximum Gasteiger partial charge on any atom is 0.325 e. The van der Waals surface area contributed by atoms with Crippen molar-refractivity contribution < 1.29 is 9.59 Å². The van der Waals surface area contributed by atoms with E-state index in [1.54, 1.807) is 11.3 Å². The Kier molecular flexibility index (Phi) is 3.72. The summed E-state index contributed by atoms with van der Waals surface area (Å²) in [5, 5.41) is 4.00. The second-order valence-electron chi connectivity index (χ2n) is 6.48. The molecule has 3 rings (SSSR count). The lowest BCUT2D eigenvalue weighted by molar-refractivity contribution is -0.132. The zero-order valence-corrected chi connectivity index (χ0v) is 14.3. The number of nitrogens with one attached hydrogen (secondary N) is 1. The van der Waals surface area contributed by atoms with E-state index in [9.17, 15) is 9.59 Å². The average molecular weight is 322 g/mol. The molecule has 1 aromatic heterocycles. The highest BCUT2D eigenvalue weighted by Gasteiger charge is 2.55. The number of carbonyl (C=O) groups is 2. The molecule has 3 heterocycles. The maximum atomic E-state index is 12.7. The first-order valence-corrected chi connectivity index (χ1v) is 8.45. The molecule has 0 radical (unpaired) electrons. The van der Waals surface area contributed by atoms with Crippen LogP contribution >= 0.6 is 11.3 Å². The summed E-state index contributed by atoms with van der Waals surface area (Å²) in [6, 6.07) is -0.362. The van der Waals surface area contributed by atoms with Crippen LogP contribution in [0.4, 0.5) is 4.79 Å². The number of carbonyl (C=O) groups excluding carboxylic acids is 2. The number of nitrogens with zero attached hydrogens (tertiary/aromatic N) is 3. The first-order valence-electron chi connectivity index (χ1n) is 7.63. The van der Waals surface area contributed by atoms with Crippen LogP contribution in [0, 0.1) is 13.8 Å². The molecule has 22 heavy (non-hydrogen) atoms. The van der Waals surface area contributed by atoms with Gasteiger partial charge in [0, 0.05) is 30.6 Å². The SMILES string of the molecule is Cc1nc(C)c(CN2CCC3(C2)NC(=O)N(C(C)C)C3=O)s1. The molecule has 1 unspecified atom stereocenters. The van der Waals surface area contributed by atoms with Crippen molar-refractivity contribution in [2.45, 2.75) is 52.2 Å². The molecule has 2 fully saturated rings. The smallest absolute Gasteiger partial charge is 0.322 e. The molecule has 3 amide bonds. The van der Waals surface area contributed by atoms with Crippen LogP contribution in [0.5, 0.6) is 0 Å². The number of rotatable bonds is 3. The molecule has 1 atom stereocenters. The number of hydrogen-bond donors (Lipinski definition) is 1. The van der Waals surface area contributed by atoms with E-state index in [2.05, 4.69) is 15.2 Å². The summed E-state index contributed by atoms with van der Waals surface area (Å²) < 4.78 is 0. The third-order valence-corrected chi connectivity index (χ3v) is 5.48. The third-order valence-electron chi connectivity index (χ3n) is 4.42. The third kappa shape index (κ3) is 2.42. The Morgan fingerprint density at radius 3 is 2.64 bits per heavy atom. The second-order valence-corrected chi connectivity index (χ2v) is 7.77. The number of thiazole rings is 1. The Hall–Kier alpha value is -1.47. The highest BCUT2D eigenvalue weighted by molar-refractivity contribution is 7.11. The molecule has 2 saturated heterocycles. The summed E-state index contributed by atoms with van der Waals surface area (Å²) in [5.74, 6) is -0.0767. The average Bonchev–Trinajstić information content (AvgIpc) is 3.01. The Morgan fingerprint density at radius 1 is 1.36 bits per heavy atom. The van der Waals surface area contributed by atoms with Gasteiger partial charge in [-0.1, -0.05) is 0 Å². The molecule has 0 aliphatic carbocycles. The molecule has 1 aromatic rings. The Labute approximate surface area is 134 Å². The largest absolute Gasteiger partial charge is 0.325 e. The predicted octanol–water partition coefficient (Wildman–Crippen LogP) is 1.66. The maximum absolute atomic E-state index is 12.7. The van der Waals surface area contributed by atoms with E-state index >= 15 is 0 Å². The fraction of sp³-hybridized carbons (Fsp3) is 0.667. The van der Waals surface area contributed by atoms with Crippen molar-refractivity contribution in [2.24, 2.45) is 0 Å². The van der Waals surface area contributed by atoms with Crippen LogP contribution in [0.15, 0.2) is 0 Å². The van der Waals surface area contributed by atoms with Gasteiger partial charge in [0.05, 0.1) is 10.7 Å². The zero-order valence-electron chi connectivity index (χ0n) is 13.5. The number of aryl methyl sites for hydroxylation is 2. The van der Waals surface area contributed by atoms with E-state index < -0.39 is 5.54 Å². The summed E-state index contributed by atoms with van der Waals surface area (Å²) in [5.41, 5.74) is 0.337. The molecule has 0 aromatic carbocycles. The van der Waals surface area contributed by atoms with Crippen LogP contribution < -0.4 is 5.32 Å². The van der Waals surface area contributed by atoms with Crippen LogP contribution in [-0.2, 0) is 11.3 Å². The van der Waals surface area contributed by atoms with Crippen molar-refractivity contribution >= 4 is 23.3 Å². The van der Waals surface area contributed by atoms with Gasteiger partial charge in [0.1, 0.15) is 5.54 Å². The molecule has 1 N–H and O–H groups in total. The molecule has 7 heteroatoms. The van der Waals surface area contributed by atoms with E-state index in [-0.39, 0.29) is 18.0 Å². The molecular formula is C15H22N4O2S. The highest BCUT2D eigenvalue weighted by Crippen LogP contribution is 2.31. The molecule has 2 aliphatic heterocycles. The van der Waals surface area contributed by atoms with E-state index in [0.717, 1.165) is 23.8 Å². The van der Waals surface area contributed by atoms with Gasteiger partial charge in [-0.2, -0.15) is 0 Å². The van der Waals surface area contributed by atoms with E-state index in [1.165, 1.54) is 9.78 Å². The first kappa shape index (κ1) is 15.4. The van der Waals surface area contributed by atoms with Crippen LogP contribution in [0.3, 0.4) is 0 Å². The Bertz CT molecular complexity index is 627. The van der Waals surface area contributed by atoms with Crippen LogP contribution in [0.2, 0.25) is 0 Å². The van der Waals surface area contributed by atoms with Crippen molar-refractivity contribution in [3.63, 3.8) is 0 Å². The minimum absolute atomic E-state index is 0.0767. The fourth-order valence-electron chi connectivity index (χ4n) is 3.33. The van der Waals surface area contributed by atoms with Crippen LogP contribution in [0.1, 0.15) is 35.8 Å². The van der Waals surface area contributed by atoms with Gasteiger partial charge in [-0.15, -0.1) is 11.3 Å². The monoisotopic (exact) mass is 322 g/mol. The minimum Gasteiger partial charge on any atom is -0.322 e. The molecular weight excluding hydrogens is 300 g/mol. The number of amides is 3. The standard InChI is InChI=1S/C15H22N4O2S/c1-9(2)19-13(20)15(17-14(19)21)5-6-18(8-15)7-12-10(3)16-11(4)22-12/h9H,5-8H2,1-4H3,(H,17,21). The molecule has 0 saturated carbocycles. The van der Waals surface area contributed by atoms with Gasteiger partial charge in [0.25, 0.3) is 5.91 Å². The molecule has 1 spiro atoms. The minimum atomic E-state index is -0.727. The predicted molar refractivity (Wildman–Crippen MR) is 84.7 cm³/mol. The van der Waals surface area contributed by atoms with Crippen molar-refractivity contribution in [1.82, 2.24) is 20.1 Å². The molecule has 6 nitrogen and oxygen atoms in total. The van der Waals surface area contributed by atoms with Gasteiger partial charge in [0.15, 0.2) is 0 Å². The molecule has 0 bridgehead atoms. The quantitative estimate of drug-likeness (QED) is 0.860. The first-order chi connectivity index (χ1) is 10.3. The fourth-order valence-corrected chi connectivity index (χ4v) is 4.31.